The molecule has 0 radical (unpaired) electrons. The summed E-state index contributed by atoms with van der Waals surface area (Å²) in [6, 6.07) is 12.1. The van der Waals surface area contributed by atoms with E-state index in [-0.39, 0.29) is 0 Å². The Bertz CT molecular complexity index is 848. The maximum absolute atomic E-state index is 5.85. The van der Waals surface area contributed by atoms with Gasteiger partial charge in [0.05, 0.1) is 6.61 Å². The van der Waals surface area contributed by atoms with Crippen molar-refractivity contribution in [2.45, 2.75) is 25.0 Å². The van der Waals surface area contributed by atoms with Gasteiger partial charge in [-0.3, -0.25) is 9.55 Å². The zero-order valence-electron chi connectivity index (χ0n) is 14.8. The summed E-state index contributed by atoms with van der Waals surface area (Å²) in [4.78, 5) is 4.06. The number of ether oxygens (including phenoxy) is 1. The third kappa shape index (κ3) is 4.52. The van der Waals surface area contributed by atoms with Crippen LogP contribution in [0, 0.1) is 0 Å². The van der Waals surface area contributed by atoms with Gasteiger partial charge in [0.1, 0.15) is 5.75 Å². The number of hydrogen-bond donors (Lipinski definition) is 0. The second-order valence-electron chi connectivity index (χ2n) is 5.64. The number of hydrogen-bond acceptors (Lipinski definition) is 5. The van der Waals surface area contributed by atoms with E-state index in [0.29, 0.717) is 13.2 Å². The van der Waals surface area contributed by atoms with E-state index in [1.54, 1.807) is 24.2 Å². The second kappa shape index (κ2) is 9.20. The van der Waals surface area contributed by atoms with Gasteiger partial charge in [0, 0.05) is 30.3 Å². The predicted molar refractivity (Wildman–Crippen MR) is 105 cm³/mol. The van der Waals surface area contributed by atoms with E-state index in [9.17, 15) is 0 Å². The van der Waals surface area contributed by atoms with E-state index in [4.69, 9.17) is 4.74 Å². The zero-order valence-corrected chi connectivity index (χ0v) is 15.7. The van der Waals surface area contributed by atoms with Crippen LogP contribution >= 0.6 is 11.8 Å². The normalized spacial score (nSPS) is 10.7. The lowest BCUT2D eigenvalue weighted by Gasteiger charge is -2.09. The number of nitrogens with zero attached hydrogens (tertiary/aromatic N) is 4. The molecule has 0 aliphatic carbocycles. The maximum atomic E-state index is 5.85. The number of allylic oxidation sites excluding steroid dienone is 1. The molecule has 0 aliphatic heterocycles. The minimum atomic E-state index is 0.614. The smallest absolute Gasteiger partial charge is 0.191 e. The molecule has 0 unspecified atom stereocenters. The number of aryl methyl sites for hydroxylation is 1. The van der Waals surface area contributed by atoms with Crippen molar-refractivity contribution >= 4 is 11.8 Å². The van der Waals surface area contributed by atoms with Gasteiger partial charge in [-0.1, -0.05) is 36.9 Å². The van der Waals surface area contributed by atoms with Crippen molar-refractivity contribution < 1.29 is 4.74 Å². The van der Waals surface area contributed by atoms with Crippen molar-refractivity contribution in [3.63, 3.8) is 0 Å². The van der Waals surface area contributed by atoms with Gasteiger partial charge in [0.2, 0.25) is 0 Å². The SMILES string of the molecule is C=CCn1c(SCCOc2cccc(CC)c2)nnc1-c1ccncc1. The van der Waals surface area contributed by atoms with Crippen LogP contribution in [0.15, 0.2) is 66.6 Å². The third-order valence-corrected chi connectivity index (χ3v) is 4.79. The van der Waals surface area contributed by atoms with Gasteiger partial charge >= 0.3 is 0 Å². The van der Waals surface area contributed by atoms with Gasteiger partial charge in [-0.25, -0.2) is 0 Å². The molecule has 0 saturated carbocycles. The predicted octanol–water partition coefficient (Wildman–Crippen LogP) is 4.26. The Balaban J connectivity index is 1.62. The van der Waals surface area contributed by atoms with Gasteiger partial charge in [-0.15, -0.1) is 16.8 Å². The van der Waals surface area contributed by atoms with Gasteiger partial charge in [0.25, 0.3) is 0 Å². The third-order valence-electron chi connectivity index (χ3n) is 3.86. The minimum Gasteiger partial charge on any atom is -0.493 e. The van der Waals surface area contributed by atoms with E-state index < -0.39 is 0 Å². The van der Waals surface area contributed by atoms with Crippen molar-refractivity contribution in [3.8, 4) is 17.1 Å². The number of pyridine rings is 1. The standard InChI is InChI=1S/C20H22N4OS/c1-3-12-24-19(17-8-10-21-11-9-17)22-23-20(24)26-14-13-25-18-7-5-6-16(4-2)15-18/h3,5-11,15H,1,4,12-14H2,2H3. The quantitative estimate of drug-likeness (QED) is 0.322. The summed E-state index contributed by atoms with van der Waals surface area (Å²) in [5.74, 6) is 2.53. The molecular formula is C20H22N4OS. The van der Waals surface area contributed by atoms with Crippen molar-refractivity contribution in [1.29, 1.82) is 0 Å². The second-order valence-corrected chi connectivity index (χ2v) is 6.70. The average Bonchev–Trinajstić information content (AvgIpc) is 3.09. The molecule has 0 spiro atoms. The minimum absolute atomic E-state index is 0.614. The van der Waals surface area contributed by atoms with Crippen LogP contribution in [0.25, 0.3) is 11.4 Å². The summed E-state index contributed by atoms with van der Waals surface area (Å²) >= 11 is 1.63. The Morgan fingerprint density at radius 3 is 2.81 bits per heavy atom. The molecule has 26 heavy (non-hydrogen) atoms. The van der Waals surface area contributed by atoms with Gasteiger partial charge in [-0.2, -0.15) is 0 Å². The molecule has 1 aromatic carbocycles. The van der Waals surface area contributed by atoms with Gasteiger partial charge in [-0.05, 0) is 36.2 Å². The van der Waals surface area contributed by atoms with E-state index in [2.05, 4.69) is 45.4 Å². The molecule has 0 amide bonds. The molecule has 0 atom stereocenters. The molecule has 134 valence electrons. The van der Waals surface area contributed by atoms with Gasteiger partial charge in [0.15, 0.2) is 11.0 Å². The highest BCUT2D eigenvalue weighted by atomic mass is 32.2. The van der Waals surface area contributed by atoms with Crippen LogP contribution in [-0.2, 0) is 13.0 Å². The van der Waals surface area contributed by atoms with E-state index in [1.165, 1.54) is 5.56 Å². The van der Waals surface area contributed by atoms with Crippen LogP contribution in [0.2, 0.25) is 0 Å². The summed E-state index contributed by atoms with van der Waals surface area (Å²) in [7, 11) is 0. The lowest BCUT2D eigenvalue weighted by Crippen LogP contribution is -2.04. The Morgan fingerprint density at radius 1 is 1.19 bits per heavy atom. The lowest BCUT2D eigenvalue weighted by atomic mass is 10.2. The Labute approximate surface area is 158 Å². The summed E-state index contributed by atoms with van der Waals surface area (Å²) in [5, 5.41) is 9.54. The Morgan fingerprint density at radius 2 is 2.04 bits per heavy atom. The summed E-state index contributed by atoms with van der Waals surface area (Å²) in [6.07, 6.45) is 6.37. The molecule has 6 heteroatoms. The molecule has 0 saturated heterocycles. The van der Waals surface area contributed by atoms with E-state index in [1.807, 2.05) is 30.3 Å². The summed E-state index contributed by atoms with van der Waals surface area (Å²) < 4.78 is 7.92. The number of thioether (sulfide) groups is 1. The molecule has 3 aromatic rings. The van der Waals surface area contributed by atoms with Crippen LogP contribution in [0.3, 0.4) is 0 Å². The highest BCUT2D eigenvalue weighted by Crippen LogP contribution is 2.24. The monoisotopic (exact) mass is 366 g/mol. The fourth-order valence-corrected chi connectivity index (χ4v) is 3.32. The summed E-state index contributed by atoms with van der Waals surface area (Å²) in [5.41, 5.74) is 2.27. The molecule has 2 aromatic heterocycles. The van der Waals surface area contributed by atoms with E-state index >= 15 is 0 Å². The highest BCUT2D eigenvalue weighted by Gasteiger charge is 2.13. The topological polar surface area (TPSA) is 52.8 Å². The zero-order chi connectivity index (χ0) is 18.2. The van der Waals surface area contributed by atoms with Crippen LogP contribution in [0.1, 0.15) is 12.5 Å². The van der Waals surface area contributed by atoms with Crippen LogP contribution in [0.5, 0.6) is 5.75 Å². The maximum Gasteiger partial charge on any atom is 0.191 e. The van der Waals surface area contributed by atoms with Crippen LogP contribution in [0.4, 0.5) is 0 Å². The summed E-state index contributed by atoms with van der Waals surface area (Å²) in [6.45, 7) is 7.26. The number of rotatable bonds is 9. The molecule has 3 rings (SSSR count). The Kier molecular flexibility index (Phi) is 6.44. The van der Waals surface area contributed by atoms with E-state index in [0.717, 1.165) is 34.5 Å². The first-order chi connectivity index (χ1) is 12.8. The average molecular weight is 366 g/mol. The van der Waals surface area contributed by atoms with Crippen molar-refractivity contribution in [2.24, 2.45) is 0 Å². The largest absolute Gasteiger partial charge is 0.493 e. The fourth-order valence-electron chi connectivity index (χ4n) is 2.55. The lowest BCUT2D eigenvalue weighted by molar-refractivity contribution is 0.343. The first kappa shape index (κ1) is 18.2. The number of benzene rings is 1. The van der Waals surface area contributed by atoms with Crippen molar-refractivity contribution in [3.05, 3.63) is 67.0 Å². The molecule has 5 nitrogen and oxygen atoms in total. The van der Waals surface area contributed by atoms with Gasteiger partial charge < -0.3 is 4.74 Å². The molecule has 0 aliphatic rings. The highest BCUT2D eigenvalue weighted by molar-refractivity contribution is 7.99. The number of aromatic nitrogens is 4. The van der Waals surface area contributed by atoms with Crippen LogP contribution < -0.4 is 4.74 Å². The molecule has 0 fully saturated rings. The Hall–Kier alpha value is -2.60. The first-order valence-corrected chi connectivity index (χ1v) is 9.59. The molecule has 2 heterocycles. The van der Waals surface area contributed by atoms with Crippen molar-refractivity contribution in [1.82, 2.24) is 19.7 Å². The fraction of sp³-hybridized carbons (Fsp3) is 0.250. The molecule has 0 bridgehead atoms. The van der Waals surface area contributed by atoms with Crippen molar-refractivity contribution in [2.75, 3.05) is 12.4 Å². The van der Waals surface area contributed by atoms with Crippen LogP contribution in [-0.4, -0.2) is 32.1 Å². The molecule has 0 N–H and O–H groups in total. The first-order valence-electron chi connectivity index (χ1n) is 8.61. The molecular weight excluding hydrogens is 344 g/mol.